The zero-order chi connectivity index (χ0) is 14.9. The lowest BCUT2D eigenvalue weighted by Gasteiger charge is -2.10. The predicted molar refractivity (Wildman–Crippen MR) is 68.0 cm³/mol. The van der Waals surface area contributed by atoms with Gasteiger partial charge in [-0.2, -0.15) is 13.2 Å². The Morgan fingerprint density at radius 3 is 2.75 bits per heavy atom. The van der Waals surface area contributed by atoms with Gasteiger partial charge in [-0.3, -0.25) is 9.78 Å². The molecular formula is C12H10F3N3OS. The molecule has 2 rings (SSSR count). The lowest BCUT2D eigenvalue weighted by molar-refractivity contribution is -0.138. The molecule has 0 bridgehead atoms. The second-order valence-electron chi connectivity index (χ2n) is 4.14. The summed E-state index contributed by atoms with van der Waals surface area (Å²) in [6, 6.07) is 1.01. The number of nitrogens with zero attached hydrogens (tertiary/aromatic N) is 2. The van der Waals surface area contributed by atoms with Crippen LogP contribution in [-0.4, -0.2) is 15.9 Å². The Hall–Kier alpha value is -1.96. The normalized spacial score (nSPS) is 11.6. The van der Waals surface area contributed by atoms with Gasteiger partial charge in [0.2, 0.25) is 5.91 Å². The summed E-state index contributed by atoms with van der Waals surface area (Å²) in [5.74, 6) is -0.542. The zero-order valence-corrected chi connectivity index (χ0v) is 11.2. The van der Waals surface area contributed by atoms with Gasteiger partial charge >= 0.3 is 6.18 Å². The Morgan fingerprint density at radius 1 is 1.45 bits per heavy atom. The number of pyridine rings is 1. The van der Waals surface area contributed by atoms with Gasteiger partial charge in [-0.25, -0.2) is 4.98 Å². The van der Waals surface area contributed by atoms with E-state index in [1.807, 2.05) is 0 Å². The Morgan fingerprint density at radius 2 is 2.15 bits per heavy atom. The van der Waals surface area contributed by atoms with Crippen molar-refractivity contribution in [2.75, 3.05) is 0 Å². The van der Waals surface area contributed by atoms with E-state index in [-0.39, 0.29) is 17.7 Å². The predicted octanol–water partition coefficient (Wildman–Crippen LogP) is 2.56. The number of aryl methyl sites for hydroxylation is 1. The van der Waals surface area contributed by atoms with E-state index < -0.39 is 17.6 Å². The Balaban J connectivity index is 2.38. The van der Waals surface area contributed by atoms with Crippen LogP contribution in [0.5, 0.6) is 0 Å². The molecular weight excluding hydrogens is 291 g/mol. The van der Waals surface area contributed by atoms with Crippen LogP contribution in [0.3, 0.4) is 0 Å². The second kappa shape index (κ2) is 5.20. The average molecular weight is 301 g/mol. The summed E-state index contributed by atoms with van der Waals surface area (Å²) in [7, 11) is 0. The molecule has 0 saturated carbocycles. The van der Waals surface area contributed by atoms with Crippen LogP contribution < -0.4 is 5.73 Å². The van der Waals surface area contributed by atoms with Crippen LogP contribution in [0.25, 0.3) is 10.6 Å². The molecule has 2 aromatic heterocycles. The maximum absolute atomic E-state index is 12.8. The highest BCUT2D eigenvalue weighted by molar-refractivity contribution is 7.13. The molecule has 4 nitrogen and oxygen atoms in total. The molecule has 0 saturated heterocycles. The molecule has 2 N–H and O–H groups in total. The van der Waals surface area contributed by atoms with E-state index >= 15 is 0 Å². The van der Waals surface area contributed by atoms with Crippen molar-refractivity contribution in [2.24, 2.45) is 5.73 Å². The van der Waals surface area contributed by atoms with E-state index in [1.54, 1.807) is 5.38 Å². The van der Waals surface area contributed by atoms with E-state index in [1.165, 1.54) is 13.1 Å². The van der Waals surface area contributed by atoms with Crippen molar-refractivity contribution in [3.05, 3.63) is 34.6 Å². The first-order valence-corrected chi connectivity index (χ1v) is 6.42. The maximum atomic E-state index is 12.8. The van der Waals surface area contributed by atoms with Gasteiger partial charge in [-0.15, -0.1) is 11.3 Å². The summed E-state index contributed by atoms with van der Waals surface area (Å²) in [5, 5.41) is 1.96. The minimum Gasteiger partial charge on any atom is -0.369 e. The topological polar surface area (TPSA) is 68.9 Å². The van der Waals surface area contributed by atoms with Crippen LogP contribution in [0.2, 0.25) is 0 Å². The first-order chi connectivity index (χ1) is 9.27. The van der Waals surface area contributed by atoms with E-state index in [2.05, 4.69) is 9.97 Å². The standard InChI is InChI=1S/C12H10F3N3OS/c1-6-9(12(13,14)15)2-7(4-17-6)11-18-8(5-20-11)3-10(16)19/h2,4-5H,3H2,1H3,(H2,16,19). The molecule has 1 amide bonds. The smallest absolute Gasteiger partial charge is 0.369 e. The second-order valence-corrected chi connectivity index (χ2v) is 5.00. The molecule has 0 aliphatic carbocycles. The molecule has 0 aromatic carbocycles. The van der Waals surface area contributed by atoms with Crippen molar-refractivity contribution in [1.82, 2.24) is 9.97 Å². The molecule has 8 heteroatoms. The fourth-order valence-electron chi connectivity index (χ4n) is 1.64. The van der Waals surface area contributed by atoms with Crippen LogP contribution in [-0.2, 0) is 17.4 Å². The van der Waals surface area contributed by atoms with Crippen molar-refractivity contribution >= 4 is 17.2 Å². The van der Waals surface area contributed by atoms with Crippen molar-refractivity contribution in [2.45, 2.75) is 19.5 Å². The molecule has 0 unspecified atom stereocenters. The summed E-state index contributed by atoms with van der Waals surface area (Å²) in [4.78, 5) is 18.6. The monoisotopic (exact) mass is 301 g/mol. The van der Waals surface area contributed by atoms with E-state index in [0.717, 1.165) is 17.4 Å². The van der Waals surface area contributed by atoms with Gasteiger partial charge in [0, 0.05) is 22.8 Å². The van der Waals surface area contributed by atoms with E-state index in [0.29, 0.717) is 10.7 Å². The number of alkyl halides is 3. The van der Waals surface area contributed by atoms with Crippen molar-refractivity contribution in [3.63, 3.8) is 0 Å². The Bertz CT molecular complexity index is 652. The highest BCUT2D eigenvalue weighted by Gasteiger charge is 2.33. The highest BCUT2D eigenvalue weighted by Crippen LogP contribution is 2.34. The lowest BCUT2D eigenvalue weighted by Crippen LogP contribution is -2.13. The van der Waals surface area contributed by atoms with Gasteiger partial charge in [-0.1, -0.05) is 0 Å². The van der Waals surface area contributed by atoms with E-state index in [9.17, 15) is 18.0 Å². The number of carbonyl (C=O) groups excluding carboxylic acids is 1. The van der Waals surface area contributed by atoms with Crippen LogP contribution in [0.4, 0.5) is 13.2 Å². The molecule has 0 aliphatic heterocycles. The molecule has 0 aliphatic rings. The minimum atomic E-state index is -4.46. The average Bonchev–Trinajstić information content (AvgIpc) is 2.75. The van der Waals surface area contributed by atoms with Gasteiger partial charge < -0.3 is 5.73 Å². The largest absolute Gasteiger partial charge is 0.418 e. The third-order valence-corrected chi connectivity index (χ3v) is 3.49. The number of carbonyl (C=O) groups is 1. The highest BCUT2D eigenvalue weighted by atomic mass is 32.1. The van der Waals surface area contributed by atoms with E-state index in [4.69, 9.17) is 5.73 Å². The number of primary amides is 1. The number of rotatable bonds is 3. The molecule has 0 fully saturated rings. The quantitative estimate of drug-likeness (QED) is 0.947. The maximum Gasteiger partial charge on any atom is 0.418 e. The third kappa shape index (κ3) is 3.13. The van der Waals surface area contributed by atoms with Crippen LogP contribution in [0, 0.1) is 6.92 Å². The van der Waals surface area contributed by atoms with Crippen molar-refractivity contribution in [1.29, 1.82) is 0 Å². The number of aromatic nitrogens is 2. The van der Waals surface area contributed by atoms with Gasteiger partial charge in [-0.05, 0) is 13.0 Å². The Kier molecular flexibility index (Phi) is 3.76. The number of nitrogens with two attached hydrogens (primary N) is 1. The van der Waals surface area contributed by atoms with Gasteiger partial charge in [0.1, 0.15) is 5.01 Å². The van der Waals surface area contributed by atoms with Crippen LogP contribution in [0.15, 0.2) is 17.6 Å². The number of amides is 1. The first kappa shape index (κ1) is 14.4. The molecule has 0 atom stereocenters. The van der Waals surface area contributed by atoms with Crippen molar-refractivity contribution in [3.8, 4) is 10.6 Å². The number of thiazole rings is 1. The number of halogens is 3. The summed E-state index contributed by atoms with van der Waals surface area (Å²) in [6.07, 6.45) is -3.17. The SMILES string of the molecule is Cc1ncc(-c2nc(CC(N)=O)cs2)cc1C(F)(F)F. The molecule has 20 heavy (non-hydrogen) atoms. The Labute approximate surface area is 116 Å². The molecule has 0 spiro atoms. The third-order valence-electron chi connectivity index (χ3n) is 2.55. The summed E-state index contributed by atoms with van der Waals surface area (Å²) < 4.78 is 38.4. The zero-order valence-electron chi connectivity index (χ0n) is 10.4. The fourth-order valence-corrected chi connectivity index (χ4v) is 2.44. The minimum absolute atomic E-state index is 0.0398. The van der Waals surface area contributed by atoms with Crippen LogP contribution in [0.1, 0.15) is 17.0 Å². The summed E-state index contributed by atoms with van der Waals surface area (Å²) >= 11 is 1.14. The van der Waals surface area contributed by atoms with Gasteiger partial charge in [0.25, 0.3) is 0 Å². The molecule has 2 aromatic rings. The number of hydrogen-bond acceptors (Lipinski definition) is 4. The molecule has 2 heterocycles. The molecule has 106 valence electrons. The van der Waals surface area contributed by atoms with Crippen molar-refractivity contribution < 1.29 is 18.0 Å². The summed E-state index contributed by atoms with van der Waals surface area (Å²) in [6.45, 7) is 1.30. The van der Waals surface area contributed by atoms with Gasteiger partial charge in [0.05, 0.1) is 17.7 Å². The summed E-state index contributed by atoms with van der Waals surface area (Å²) in [5.41, 5.74) is 4.86. The first-order valence-electron chi connectivity index (χ1n) is 5.54. The number of hydrogen-bond donors (Lipinski definition) is 1. The molecule has 0 radical (unpaired) electrons. The van der Waals surface area contributed by atoms with Crippen LogP contribution >= 0.6 is 11.3 Å². The lowest BCUT2D eigenvalue weighted by atomic mass is 10.1. The fraction of sp³-hybridized carbons (Fsp3) is 0.250. The van der Waals surface area contributed by atoms with Gasteiger partial charge in [0.15, 0.2) is 0 Å².